The zero-order valence-corrected chi connectivity index (χ0v) is 29.0. The summed E-state index contributed by atoms with van der Waals surface area (Å²) in [5, 5.41) is 14.0. The van der Waals surface area contributed by atoms with E-state index in [2.05, 4.69) is 27.3 Å². The van der Waals surface area contributed by atoms with Crippen molar-refractivity contribution in [3.05, 3.63) is 83.9 Å². The predicted molar refractivity (Wildman–Crippen MR) is 195 cm³/mol. The molecule has 4 rings (SSSR count). The lowest BCUT2D eigenvalue weighted by Crippen LogP contribution is -2.59. The maximum Gasteiger partial charge on any atom is 0.315 e. The van der Waals surface area contributed by atoms with Gasteiger partial charge in [0.2, 0.25) is 17.7 Å². The van der Waals surface area contributed by atoms with Gasteiger partial charge in [-0.05, 0) is 80.3 Å². The number of amides is 5. The summed E-state index contributed by atoms with van der Waals surface area (Å²) in [5.74, 6) is -0.203. The van der Waals surface area contributed by atoms with Gasteiger partial charge in [-0.15, -0.1) is 0 Å². The molecule has 6 N–H and O–H groups in total. The van der Waals surface area contributed by atoms with E-state index in [1.165, 1.54) is 0 Å². The van der Waals surface area contributed by atoms with E-state index >= 15 is 0 Å². The first-order valence-electron chi connectivity index (χ1n) is 17.9. The average molecular weight is 671 g/mol. The van der Waals surface area contributed by atoms with E-state index in [-0.39, 0.29) is 24.3 Å². The van der Waals surface area contributed by atoms with Crippen molar-refractivity contribution in [1.82, 2.24) is 26.2 Å². The van der Waals surface area contributed by atoms with Crippen LogP contribution in [0.3, 0.4) is 0 Å². The molecule has 1 fully saturated rings. The van der Waals surface area contributed by atoms with Gasteiger partial charge in [-0.2, -0.15) is 0 Å². The lowest BCUT2D eigenvalue weighted by molar-refractivity contribution is -0.142. The molecule has 0 radical (unpaired) electrons. The summed E-state index contributed by atoms with van der Waals surface area (Å²) in [6, 6.07) is 22.9. The topological polar surface area (TPSA) is 146 Å². The predicted octanol–water partition coefficient (Wildman–Crippen LogP) is 4.45. The molecule has 0 spiro atoms. The van der Waals surface area contributed by atoms with Crippen LogP contribution in [-0.4, -0.2) is 74.0 Å². The van der Waals surface area contributed by atoms with Crippen LogP contribution in [0.25, 0.3) is 10.8 Å². The van der Waals surface area contributed by atoms with Gasteiger partial charge in [0.05, 0.1) is 5.41 Å². The molecule has 10 nitrogen and oxygen atoms in total. The number of likely N-dealkylation sites (tertiary alicyclic amines) is 1. The van der Waals surface area contributed by atoms with Crippen molar-refractivity contribution < 1.29 is 19.2 Å². The minimum absolute atomic E-state index is 0.0374. The number of rotatable bonds is 18. The maximum atomic E-state index is 14.3. The number of nitrogens with zero attached hydrogens (tertiary/aromatic N) is 1. The van der Waals surface area contributed by atoms with Crippen molar-refractivity contribution in [2.75, 3.05) is 39.3 Å². The number of carbonyl (C=O) groups excluding carboxylic acids is 4. The molecule has 10 heteroatoms. The van der Waals surface area contributed by atoms with Crippen LogP contribution in [0.2, 0.25) is 0 Å². The van der Waals surface area contributed by atoms with Crippen molar-refractivity contribution in [3.8, 4) is 0 Å². The standard InChI is InChI=1S/C39H54N6O4/c1-2-41-37(48)39(28-30-14-5-3-6-15-30)21-13-25-45(29-39)36(47)34(27-31-19-20-32-16-8-9-17-33(32)26-31)44-38(49)43-24-12-11-23-42-35(46)18-7-4-10-22-40/h3,5-6,8-9,14-17,19-20,26,34H,2,4,7,10-13,18,21-25,27-29,40H2,1H3,(H,41,48)(H,42,46)(H2,43,44,49)/t34-,39+/m1/s1. The third-order valence-electron chi connectivity index (χ3n) is 9.27. The summed E-state index contributed by atoms with van der Waals surface area (Å²) in [5.41, 5.74) is 6.73. The van der Waals surface area contributed by atoms with Crippen LogP contribution < -0.4 is 27.0 Å². The zero-order valence-electron chi connectivity index (χ0n) is 29.0. The molecule has 0 unspecified atom stereocenters. The summed E-state index contributed by atoms with van der Waals surface area (Å²) in [4.78, 5) is 54.9. The molecule has 1 saturated heterocycles. The molecule has 1 aliphatic heterocycles. The Labute approximate surface area is 291 Å². The fourth-order valence-corrected chi connectivity index (χ4v) is 6.67. The molecule has 0 aliphatic carbocycles. The number of hydrogen-bond acceptors (Lipinski definition) is 5. The van der Waals surface area contributed by atoms with Crippen LogP contribution in [0.1, 0.15) is 69.4 Å². The summed E-state index contributed by atoms with van der Waals surface area (Å²) in [6.45, 7) is 4.82. The molecule has 1 aliphatic rings. The van der Waals surface area contributed by atoms with Crippen LogP contribution in [0.5, 0.6) is 0 Å². The molecular formula is C39H54N6O4. The lowest BCUT2D eigenvalue weighted by Gasteiger charge is -2.43. The van der Waals surface area contributed by atoms with Gasteiger partial charge in [-0.1, -0.05) is 79.2 Å². The van der Waals surface area contributed by atoms with E-state index in [0.29, 0.717) is 71.2 Å². The largest absolute Gasteiger partial charge is 0.356 e. The Balaban J connectivity index is 1.41. The number of nitrogens with one attached hydrogen (secondary N) is 4. The second kappa shape index (κ2) is 19.5. The van der Waals surface area contributed by atoms with E-state index in [4.69, 9.17) is 5.73 Å². The number of nitrogens with two attached hydrogens (primary N) is 1. The molecule has 2 atom stereocenters. The molecule has 49 heavy (non-hydrogen) atoms. The first-order chi connectivity index (χ1) is 23.8. The van der Waals surface area contributed by atoms with Crippen LogP contribution in [-0.2, 0) is 27.2 Å². The first kappa shape index (κ1) is 37.4. The third-order valence-corrected chi connectivity index (χ3v) is 9.27. The van der Waals surface area contributed by atoms with Gasteiger partial charge < -0.3 is 31.9 Å². The summed E-state index contributed by atoms with van der Waals surface area (Å²) < 4.78 is 0. The highest BCUT2D eigenvalue weighted by atomic mass is 16.2. The molecular weight excluding hydrogens is 616 g/mol. The second-order valence-electron chi connectivity index (χ2n) is 13.2. The quantitative estimate of drug-likeness (QED) is 0.127. The maximum absolute atomic E-state index is 14.3. The molecule has 1 heterocycles. The van der Waals surface area contributed by atoms with Gasteiger partial charge >= 0.3 is 6.03 Å². The molecule has 0 aromatic heterocycles. The molecule has 0 saturated carbocycles. The fourth-order valence-electron chi connectivity index (χ4n) is 6.67. The van der Waals surface area contributed by atoms with E-state index in [1.807, 2.05) is 73.7 Å². The van der Waals surface area contributed by atoms with Crippen molar-refractivity contribution >= 4 is 34.5 Å². The number of urea groups is 1. The van der Waals surface area contributed by atoms with E-state index < -0.39 is 17.5 Å². The van der Waals surface area contributed by atoms with Crippen molar-refractivity contribution in [2.24, 2.45) is 11.1 Å². The average Bonchev–Trinajstić information content (AvgIpc) is 3.11. The molecule has 5 amide bonds. The highest BCUT2D eigenvalue weighted by molar-refractivity contribution is 5.90. The smallest absolute Gasteiger partial charge is 0.315 e. The highest BCUT2D eigenvalue weighted by Crippen LogP contribution is 2.35. The molecule has 3 aromatic carbocycles. The Morgan fingerprint density at radius 2 is 1.55 bits per heavy atom. The third kappa shape index (κ3) is 11.6. The lowest BCUT2D eigenvalue weighted by atomic mass is 9.74. The van der Waals surface area contributed by atoms with Gasteiger partial charge in [-0.3, -0.25) is 14.4 Å². The number of hydrogen-bond donors (Lipinski definition) is 5. The molecule has 3 aromatic rings. The van der Waals surface area contributed by atoms with Gasteiger partial charge in [-0.25, -0.2) is 4.79 Å². The number of unbranched alkanes of at least 4 members (excludes halogenated alkanes) is 3. The van der Waals surface area contributed by atoms with E-state index in [0.717, 1.165) is 47.6 Å². The minimum atomic E-state index is -0.818. The fraction of sp³-hybridized carbons (Fsp3) is 0.487. The SMILES string of the molecule is CCNC(=O)[C@]1(Cc2ccccc2)CCCN(C(=O)[C@@H](Cc2ccc3ccccc3c2)NC(=O)NCCCCNC(=O)CCCCCN)C1. The van der Waals surface area contributed by atoms with Crippen molar-refractivity contribution in [2.45, 2.75) is 77.2 Å². The number of piperidine rings is 1. The van der Waals surface area contributed by atoms with Crippen LogP contribution in [0, 0.1) is 5.41 Å². The Hall–Kier alpha value is -4.44. The Bertz CT molecular complexity index is 1520. The van der Waals surface area contributed by atoms with Crippen LogP contribution in [0.4, 0.5) is 4.79 Å². The monoisotopic (exact) mass is 670 g/mol. The number of carbonyl (C=O) groups is 4. The Morgan fingerprint density at radius 3 is 2.31 bits per heavy atom. The van der Waals surface area contributed by atoms with Gasteiger partial charge in [0.25, 0.3) is 0 Å². The van der Waals surface area contributed by atoms with Crippen molar-refractivity contribution in [3.63, 3.8) is 0 Å². The van der Waals surface area contributed by atoms with Crippen LogP contribution >= 0.6 is 0 Å². The summed E-state index contributed by atoms with van der Waals surface area (Å²) in [6.07, 6.45) is 6.84. The molecule has 264 valence electrons. The summed E-state index contributed by atoms with van der Waals surface area (Å²) >= 11 is 0. The second-order valence-corrected chi connectivity index (χ2v) is 13.2. The molecule has 0 bridgehead atoms. The van der Waals surface area contributed by atoms with Crippen LogP contribution in [0.15, 0.2) is 72.8 Å². The van der Waals surface area contributed by atoms with E-state index in [1.54, 1.807) is 4.90 Å². The number of benzene rings is 3. The Kier molecular flexibility index (Phi) is 14.9. The van der Waals surface area contributed by atoms with E-state index in [9.17, 15) is 19.2 Å². The van der Waals surface area contributed by atoms with Gasteiger partial charge in [0.1, 0.15) is 6.04 Å². The normalized spacial score (nSPS) is 16.5. The Morgan fingerprint density at radius 1 is 0.816 bits per heavy atom. The first-order valence-corrected chi connectivity index (χ1v) is 17.9. The summed E-state index contributed by atoms with van der Waals surface area (Å²) in [7, 11) is 0. The zero-order chi connectivity index (χ0) is 34.9. The van der Waals surface area contributed by atoms with Gasteiger partial charge in [0, 0.05) is 45.6 Å². The highest BCUT2D eigenvalue weighted by Gasteiger charge is 2.44. The van der Waals surface area contributed by atoms with Gasteiger partial charge in [0.15, 0.2) is 0 Å². The number of fused-ring (bicyclic) bond motifs is 1. The van der Waals surface area contributed by atoms with Crippen molar-refractivity contribution in [1.29, 1.82) is 0 Å². The minimum Gasteiger partial charge on any atom is -0.356 e.